The SMILES string of the molecule is O=C(Nc1cccc(OC(F)F)c1)N1CCSC1. The van der Waals surface area contributed by atoms with Crippen LogP contribution in [0.5, 0.6) is 5.75 Å². The average Bonchev–Trinajstić information content (AvgIpc) is 2.81. The molecular weight excluding hydrogens is 262 g/mol. The third-order valence-corrected chi connectivity index (χ3v) is 3.32. The number of halogens is 2. The van der Waals surface area contributed by atoms with E-state index in [1.165, 1.54) is 12.1 Å². The Balaban J connectivity index is 1.97. The molecule has 1 saturated heterocycles. The van der Waals surface area contributed by atoms with Crippen molar-refractivity contribution in [3.05, 3.63) is 24.3 Å². The largest absolute Gasteiger partial charge is 0.435 e. The maximum atomic E-state index is 12.0. The van der Waals surface area contributed by atoms with Gasteiger partial charge in [0.25, 0.3) is 0 Å². The number of amides is 2. The highest BCUT2D eigenvalue weighted by Gasteiger charge is 2.18. The molecule has 1 N–H and O–H groups in total. The molecule has 0 aromatic heterocycles. The van der Waals surface area contributed by atoms with Gasteiger partial charge in [-0.15, -0.1) is 11.8 Å². The van der Waals surface area contributed by atoms with Gasteiger partial charge in [0.2, 0.25) is 0 Å². The van der Waals surface area contributed by atoms with Crippen LogP contribution in [0.3, 0.4) is 0 Å². The first kappa shape index (κ1) is 12.9. The minimum absolute atomic E-state index is 0.0265. The lowest BCUT2D eigenvalue weighted by Gasteiger charge is -2.15. The molecule has 0 unspecified atom stereocenters. The molecular formula is C11H12F2N2O2S. The summed E-state index contributed by atoms with van der Waals surface area (Å²) in [5, 5.41) is 2.65. The van der Waals surface area contributed by atoms with Gasteiger partial charge in [-0.1, -0.05) is 6.07 Å². The number of rotatable bonds is 3. The lowest BCUT2D eigenvalue weighted by Crippen LogP contribution is -2.32. The Bertz CT molecular complexity index is 425. The smallest absolute Gasteiger partial charge is 0.387 e. The van der Waals surface area contributed by atoms with E-state index in [0.29, 0.717) is 18.1 Å². The van der Waals surface area contributed by atoms with Gasteiger partial charge < -0.3 is 15.0 Å². The van der Waals surface area contributed by atoms with E-state index in [1.54, 1.807) is 28.8 Å². The molecule has 2 amide bonds. The molecule has 0 radical (unpaired) electrons. The number of alkyl halides is 2. The Morgan fingerprint density at radius 1 is 1.50 bits per heavy atom. The summed E-state index contributed by atoms with van der Waals surface area (Å²) in [5.41, 5.74) is 0.440. The molecule has 98 valence electrons. The number of nitrogens with one attached hydrogen (secondary N) is 1. The Kier molecular flexibility index (Phi) is 4.24. The van der Waals surface area contributed by atoms with Gasteiger partial charge in [-0.3, -0.25) is 0 Å². The standard InChI is InChI=1S/C11H12F2N2O2S/c12-10(13)17-9-3-1-2-8(6-9)14-11(16)15-4-5-18-7-15/h1-3,6,10H,4-5,7H2,(H,14,16). The third kappa shape index (κ3) is 3.49. The Morgan fingerprint density at radius 2 is 2.33 bits per heavy atom. The number of ether oxygens (including phenoxy) is 1. The van der Waals surface area contributed by atoms with Crippen molar-refractivity contribution in [2.45, 2.75) is 6.61 Å². The van der Waals surface area contributed by atoms with Gasteiger partial charge in [0.05, 0.1) is 5.88 Å². The molecule has 1 aromatic carbocycles. The molecule has 18 heavy (non-hydrogen) atoms. The monoisotopic (exact) mass is 274 g/mol. The highest BCUT2D eigenvalue weighted by molar-refractivity contribution is 7.99. The van der Waals surface area contributed by atoms with Crippen LogP contribution < -0.4 is 10.1 Å². The molecule has 0 atom stereocenters. The van der Waals surface area contributed by atoms with E-state index in [9.17, 15) is 13.6 Å². The van der Waals surface area contributed by atoms with Crippen molar-refractivity contribution < 1.29 is 18.3 Å². The zero-order chi connectivity index (χ0) is 13.0. The summed E-state index contributed by atoms with van der Waals surface area (Å²) in [4.78, 5) is 13.4. The van der Waals surface area contributed by atoms with E-state index in [4.69, 9.17) is 0 Å². The van der Waals surface area contributed by atoms with Crippen LogP contribution in [0.1, 0.15) is 0 Å². The van der Waals surface area contributed by atoms with Gasteiger partial charge in [0, 0.05) is 24.1 Å². The third-order valence-electron chi connectivity index (χ3n) is 2.35. The fraction of sp³-hybridized carbons (Fsp3) is 0.364. The predicted molar refractivity (Wildman–Crippen MR) is 66.1 cm³/mol. The number of anilines is 1. The Morgan fingerprint density at radius 3 is 3.00 bits per heavy atom. The molecule has 1 aliphatic heterocycles. The maximum absolute atomic E-state index is 12.0. The molecule has 2 rings (SSSR count). The normalized spacial score (nSPS) is 14.9. The van der Waals surface area contributed by atoms with Crippen molar-refractivity contribution >= 4 is 23.5 Å². The quantitative estimate of drug-likeness (QED) is 0.921. The van der Waals surface area contributed by atoms with E-state index >= 15 is 0 Å². The first-order chi connectivity index (χ1) is 8.65. The summed E-state index contributed by atoms with van der Waals surface area (Å²) in [6.45, 7) is -2.17. The van der Waals surface area contributed by atoms with Crippen LogP contribution in [0.15, 0.2) is 24.3 Å². The second-order valence-electron chi connectivity index (χ2n) is 3.64. The Hall–Kier alpha value is -1.50. The predicted octanol–water partition coefficient (Wildman–Crippen LogP) is 2.83. The lowest BCUT2D eigenvalue weighted by molar-refractivity contribution is -0.0497. The van der Waals surface area contributed by atoms with Crippen molar-refractivity contribution in [1.82, 2.24) is 4.90 Å². The van der Waals surface area contributed by atoms with E-state index in [1.807, 2.05) is 0 Å². The molecule has 0 bridgehead atoms. The number of benzene rings is 1. The molecule has 1 aliphatic rings. The fourth-order valence-electron chi connectivity index (χ4n) is 1.53. The van der Waals surface area contributed by atoms with Crippen molar-refractivity contribution in [2.24, 2.45) is 0 Å². The highest BCUT2D eigenvalue weighted by atomic mass is 32.2. The lowest BCUT2D eigenvalue weighted by atomic mass is 10.3. The molecule has 1 fully saturated rings. The number of thioether (sulfide) groups is 1. The first-order valence-electron chi connectivity index (χ1n) is 5.34. The van der Waals surface area contributed by atoms with Crippen LogP contribution in [0, 0.1) is 0 Å². The van der Waals surface area contributed by atoms with Crippen molar-refractivity contribution in [1.29, 1.82) is 0 Å². The molecule has 1 heterocycles. The van der Waals surface area contributed by atoms with Crippen molar-refractivity contribution in [3.8, 4) is 5.75 Å². The van der Waals surface area contributed by atoms with E-state index in [-0.39, 0.29) is 11.8 Å². The summed E-state index contributed by atoms with van der Waals surface area (Å²) in [6.07, 6.45) is 0. The second kappa shape index (κ2) is 5.90. The van der Waals surface area contributed by atoms with E-state index in [2.05, 4.69) is 10.1 Å². The van der Waals surface area contributed by atoms with Crippen LogP contribution in [0.4, 0.5) is 19.3 Å². The molecule has 4 nitrogen and oxygen atoms in total. The number of carbonyl (C=O) groups excluding carboxylic acids is 1. The summed E-state index contributed by atoms with van der Waals surface area (Å²) in [6, 6.07) is 5.72. The van der Waals surface area contributed by atoms with Crippen LogP contribution in [0.25, 0.3) is 0 Å². The fourth-order valence-corrected chi connectivity index (χ4v) is 2.47. The van der Waals surface area contributed by atoms with Crippen LogP contribution in [-0.2, 0) is 0 Å². The maximum Gasteiger partial charge on any atom is 0.387 e. The number of hydrogen-bond donors (Lipinski definition) is 1. The highest BCUT2D eigenvalue weighted by Crippen LogP contribution is 2.20. The summed E-state index contributed by atoms with van der Waals surface area (Å²) in [5.74, 6) is 1.60. The topological polar surface area (TPSA) is 41.6 Å². The van der Waals surface area contributed by atoms with Gasteiger partial charge in [-0.2, -0.15) is 8.78 Å². The van der Waals surface area contributed by atoms with Gasteiger partial charge in [0.1, 0.15) is 5.75 Å². The number of nitrogens with zero attached hydrogens (tertiary/aromatic N) is 1. The second-order valence-corrected chi connectivity index (χ2v) is 4.71. The number of hydrogen-bond acceptors (Lipinski definition) is 3. The van der Waals surface area contributed by atoms with E-state index < -0.39 is 6.61 Å². The molecule has 7 heteroatoms. The van der Waals surface area contributed by atoms with Gasteiger partial charge in [0.15, 0.2) is 0 Å². The van der Waals surface area contributed by atoms with Gasteiger partial charge in [-0.25, -0.2) is 4.79 Å². The Labute approximate surface area is 107 Å². The van der Waals surface area contributed by atoms with Crippen molar-refractivity contribution in [3.63, 3.8) is 0 Å². The molecule has 1 aromatic rings. The van der Waals surface area contributed by atoms with E-state index in [0.717, 1.165) is 5.75 Å². The number of carbonyl (C=O) groups is 1. The van der Waals surface area contributed by atoms with Gasteiger partial charge in [-0.05, 0) is 12.1 Å². The van der Waals surface area contributed by atoms with Crippen LogP contribution in [0.2, 0.25) is 0 Å². The first-order valence-corrected chi connectivity index (χ1v) is 6.49. The van der Waals surface area contributed by atoms with Crippen molar-refractivity contribution in [2.75, 3.05) is 23.5 Å². The van der Waals surface area contributed by atoms with Gasteiger partial charge >= 0.3 is 12.6 Å². The zero-order valence-corrected chi connectivity index (χ0v) is 10.3. The molecule has 0 aliphatic carbocycles. The average molecular weight is 274 g/mol. The summed E-state index contributed by atoms with van der Waals surface area (Å²) < 4.78 is 28.3. The summed E-state index contributed by atoms with van der Waals surface area (Å²) >= 11 is 1.67. The van der Waals surface area contributed by atoms with Crippen LogP contribution >= 0.6 is 11.8 Å². The van der Waals surface area contributed by atoms with Crippen LogP contribution in [-0.4, -0.2) is 35.7 Å². The molecule has 0 spiro atoms. The minimum Gasteiger partial charge on any atom is -0.435 e. The summed E-state index contributed by atoms with van der Waals surface area (Å²) in [7, 11) is 0. The number of urea groups is 1. The zero-order valence-electron chi connectivity index (χ0n) is 9.44. The minimum atomic E-state index is -2.87. The molecule has 0 saturated carbocycles.